The number of anilines is 1. The Labute approximate surface area is 178 Å². The zero-order valence-electron chi connectivity index (χ0n) is 18.3. The number of carboxylic acid groups (broad SMARTS) is 1. The monoisotopic (exact) mass is 411 g/mol. The third kappa shape index (κ3) is 5.30. The van der Waals surface area contributed by atoms with Crippen molar-refractivity contribution in [3.8, 4) is 0 Å². The third-order valence-electron chi connectivity index (χ3n) is 6.18. The Morgan fingerprint density at radius 1 is 1.23 bits per heavy atom. The lowest BCUT2D eigenvalue weighted by Gasteiger charge is -2.27. The van der Waals surface area contributed by atoms with Crippen LogP contribution in [0.2, 0.25) is 0 Å². The molecule has 4 N–H and O–H groups in total. The van der Waals surface area contributed by atoms with Gasteiger partial charge in [0.1, 0.15) is 6.04 Å². The highest BCUT2D eigenvalue weighted by Crippen LogP contribution is 2.33. The number of nitrogens with one attached hydrogen (secondary N) is 3. The Balaban J connectivity index is 1.80. The second-order valence-corrected chi connectivity index (χ2v) is 8.64. The number of aryl methyl sites for hydroxylation is 2. The van der Waals surface area contributed by atoms with Crippen molar-refractivity contribution in [3.05, 3.63) is 63.1 Å². The summed E-state index contributed by atoms with van der Waals surface area (Å²) in [5.41, 5.74) is 4.91. The van der Waals surface area contributed by atoms with Crippen LogP contribution >= 0.6 is 0 Å². The molecule has 162 valence electrons. The van der Waals surface area contributed by atoms with Crippen molar-refractivity contribution in [1.82, 2.24) is 10.3 Å². The lowest BCUT2D eigenvalue weighted by atomic mass is 9.92. The number of pyridine rings is 1. The maximum atomic E-state index is 11.8. The van der Waals surface area contributed by atoms with Crippen LogP contribution in [0.1, 0.15) is 61.4 Å². The molecule has 1 fully saturated rings. The Hall–Kier alpha value is -2.60. The number of carbonyl (C=O) groups is 1. The minimum atomic E-state index is -0.770. The number of aliphatic carboxylic acids is 1. The topological polar surface area (TPSA) is 94.2 Å². The number of rotatable bonds is 10. The summed E-state index contributed by atoms with van der Waals surface area (Å²) in [6, 6.07) is 7.75. The first kappa shape index (κ1) is 22.1. The van der Waals surface area contributed by atoms with Gasteiger partial charge in [0.15, 0.2) is 0 Å². The first-order valence-corrected chi connectivity index (χ1v) is 10.8. The van der Waals surface area contributed by atoms with Crippen LogP contribution in [0.4, 0.5) is 5.69 Å². The summed E-state index contributed by atoms with van der Waals surface area (Å²) in [6.45, 7) is 8.77. The Kier molecular flexibility index (Phi) is 6.98. The molecule has 0 spiro atoms. The lowest BCUT2D eigenvalue weighted by molar-refractivity contribution is -0.140. The van der Waals surface area contributed by atoms with Crippen LogP contribution in [0.3, 0.4) is 0 Å². The highest BCUT2D eigenvalue weighted by molar-refractivity contribution is 5.74. The summed E-state index contributed by atoms with van der Waals surface area (Å²) < 4.78 is 0. The van der Waals surface area contributed by atoms with Crippen molar-refractivity contribution in [1.29, 1.82) is 0 Å². The van der Waals surface area contributed by atoms with Gasteiger partial charge in [-0.3, -0.25) is 9.59 Å². The molecule has 1 aliphatic carbocycles. The molecule has 0 bridgehead atoms. The molecule has 1 heterocycles. The van der Waals surface area contributed by atoms with Gasteiger partial charge < -0.3 is 20.7 Å². The zero-order valence-corrected chi connectivity index (χ0v) is 18.3. The molecular weight excluding hydrogens is 378 g/mol. The summed E-state index contributed by atoms with van der Waals surface area (Å²) in [5, 5.41) is 16.3. The van der Waals surface area contributed by atoms with Crippen LogP contribution in [0.5, 0.6) is 0 Å². The molecule has 0 amide bonds. The van der Waals surface area contributed by atoms with Crippen molar-refractivity contribution >= 4 is 11.7 Å². The maximum absolute atomic E-state index is 11.8. The normalized spacial score (nSPS) is 16.7. The van der Waals surface area contributed by atoms with Crippen LogP contribution in [0, 0.1) is 25.7 Å². The molecule has 1 saturated carbocycles. The Bertz CT molecular complexity index is 949. The number of hydrogen-bond donors (Lipinski definition) is 4. The minimum absolute atomic E-state index is 0.0606. The average Bonchev–Trinajstić information content (AvgIpc) is 3.54. The fourth-order valence-electron chi connectivity index (χ4n) is 3.80. The van der Waals surface area contributed by atoms with Crippen molar-refractivity contribution in [2.24, 2.45) is 11.8 Å². The van der Waals surface area contributed by atoms with Crippen molar-refractivity contribution in [3.63, 3.8) is 0 Å². The highest BCUT2D eigenvalue weighted by Gasteiger charge is 2.35. The number of hydrogen-bond acceptors (Lipinski definition) is 4. The predicted molar refractivity (Wildman–Crippen MR) is 120 cm³/mol. The van der Waals surface area contributed by atoms with E-state index in [1.807, 2.05) is 19.1 Å². The summed E-state index contributed by atoms with van der Waals surface area (Å²) in [7, 11) is 0. The summed E-state index contributed by atoms with van der Waals surface area (Å²) in [5.74, 6) is -0.153. The van der Waals surface area contributed by atoms with Crippen LogP contribution in [0.25, 0.3) is 0 Å². The van der Waals surface area contributed by atoms with E-state index in [9.17, 15) is 14.7 Å². The van der Waals surface area contributed by atoms with Gasteiger partial charge in [-0.05, 0) is 67.3 Å². The number of aromatic amines is 1. The van der Waals surface area contributed by atoms with E-state index in [2.05, 4.69) is 48.5 Å². The van der Waals surface area contributed by atoms with Crippen LogP contribution < -0.4 is 16.2 Å². The van der Waals surface area contributed by atoms with Gasteiger partial charge in [0, 0.05) is 24.0 Å². The second kappa shape index (κ2) is 9.47. The molecule has 30 heavy (non-hydrogen) atoms. The van der Waals surface area contributed by atoms with E-state index in [4.69, 9.17) is 0 Å². The molecule has 6 heteroatoms. The van der Waals surface area contributed by atoms with Crippen LogP contribution in [-0.2, 0) is 11.3 Å². The SMILES string of the molecule is CCC(C)C(Nc1cc(CNC(C(=O)O)C2CC2)ccc1C)c1c[nH]c(=O)c(C)c1. The number of aromatic nitrogens is 1. The quantitative estimate of drug-likeness (QED) is 0.471. The van der Waals surface area contributed by atoms with Crippen LogP contribution in [-0.4, -0.2) is 22.1 Å². The predicted octanol–water partition coefficient (Wildman–Crippen LogP) is 4.14. The second-order valence-electron chi connectivity index (χ2n) is 8.64. The van der Waals surface area contributed by atoms with Gasteiger partial charge in [0.2, 0.25) is 0 Å². The van der Waals surface area contributed by atoms with Gasteiger partial charge in [0.25, 0.3) is 5.56 Å². The summed E-state index contributed by atoms with van der Waals surface area (Å²) >= 11 is 0. The third-order valence-corrected chi connectivity index (χ3v) is 6.18. The average molecular weight is 412 g/mol. The lowest BCUT2D eigenvalue weighted by Crippen LogP contribution is -2.38. The van der Waals surface area contributed by atoms with Crippen molar-refractivity contribution in [2.75, 3.05) is 5.32 Å². The fraction of sp³-hybridized carbons (Fsp3) is 0.500. The standard InChI is InChI=1S/C24H33N3O3/c1-5-14(2)21(19-10-16(4)23(28)26-13-19)27-20-11-17(7-6-15(20)3)12-25-22(24(29)30)18-8-9-18/h6-7,10-11,13-14,18,21-22,25,27H,5,8-9,12H2,1-4H3,(H,26,28)(H,29,30). The van der Waals surface area contributed by atoms with Gasteiger partial charge in [0.05, 0.1) is 6.04 Å². The fourth-order valence-corrected chi connectivity index (χ4v) is 3.80. The first-order valence-electron chi connectivity index (χ1n) is 10.8. The van der Waals surface area contributed by atoms with Crippen molar-refractivity contribution in [2.45, 2.75) is 65.6 Å². The number of benzene rings is 1. The first-order chi connectivity index (χ1) is 14.3. The van der Waals surface area contributed by atoms with E-state index in [0.717, 1.165) is 41.6 Å². The molecule has 0 aliphatic heterocycles. The molecule has 0 saturated heterocycles. The molecule has 1 aromatic carbocycles. The number of carboxylic acids is 1. The van der Waals surface area contributed by atoms with E-state index in [1.165, 1.54) is 0 Å². The molecule has 3 unspecified atom stereocenters. The molecule has 2 aromatic rings. The van der Waals surface area contributed by atoms with Crippen molar-refractivity contribution < 1.29 is 9.90 Å². The minimum Gasteiger partial charge on any atom is -0.480 e. The Morgan fingerprint density at radius 2 is 1.97 bits per heavy atom. The van der Waals surface area contributed by atoms with Gasteiger partial charge in [-0.15, -0.1) is 0 Å². The van der Waals surface area contributed by atoms with E-state index in [0.29, 0.717) is 18.0 Å². The molecule has 1 aliphatic rings. The zero-order chi connectivity index (χ0) is 21.8. The largest absolute Gasteiger partial charge is 0.480 e. The van der Waals surface area contributed by atoms with Gasteiger partial charge in [-0.2, -0.15) is 0 Å². The van der Waals surface area contributed by atoms with E-state index < -0.39 is 12.0 Å². The summed E-state index contributed by atoms with van der Waals surface area (Å²) in [6.07, 6.45) is 4.77. The van der Waals surface area contributed by atoms with Gasteiger partial charge in [-0.25, -0.2) is 0 Å². The maximum Gasteiger partial charge on any atom is 0.320 e. The number of H-pyrrole nitrogens is 1. The molecule has 3 atom stereocenters. The van der Waals surface area contributed by atoms with E-state index in [-0.39, 0.29) is 17.5 Å². The molecular formula is C24H33N3O3. The van der Waals surface area contributed by atoms with E-state index >= 15 is 0 Å². The Morgan fingerprint density at radius 3 is 2.57 bits per heavy atom. The molecule has 1 aromatic heterocycles. The molecule has 6 nitrogen and oxygen atoms in total. The van der Waals surface area contributed by atoms with Crippen LogP contribution in [0.15, 0.2) is 35.3 Å². The van der Waals surface area contributed by atoms with E-state index in [1.54, 1.807) is 6.20 Å². The highest BCUT2D eigenvalue weighted by atomic mass is 16.4. The van der Waals surface area contributed by atoms with Gasteiger partial charge >= 0.3 is 5.97 Å². The smallest absolute Gasteiger partial charge is 0.320 e. The summed E-state index contributed by atoms with van der Waals surface area (Å²) in [4.78, 5) is 26.1. The van der Waals surface area contributed by atoms with Gasteiger partial charge in [-0.1, -0.05) is 32.4 Å². The molecule has 3 rings (SSSR count). The molecule has 0 radical (unpaired) electrons.